The molecule has 0 saturated carbocycles. The van der Waals surface area contributed by atoms with Crippen LogP contribution in [0.3, 0.4) is 0 Å². The first-order chi connectivity index (χ1) is 9.90. The maximum absolute atomic E-state index is 9.43. The predicted octanol–water partition coefficient (Wildman–Crippen LogP) is 3.70. The third-order valence-electron chi connectivity index (χ3n) is 3.19. The summed E-state index contributed by atoms with van der Waals surface area (Å²) in [5.74, 6) is 0. The van der Waals surface area contributed by atoms with Crippen LogP contribution in [0.2, 0.25) is 0 Å². The van der Waals surface area contributed by atoms with E-state index in [0.717, 1.165) is 16.8 Å². The van der Waals surface area contributed by atoms with Crippen molar-refractivity contribution in [3.63, 3.8) is 0 Å². The standard InChI is InChI=1S/C17H14N2O/c20-18-17(14-8-2-1-3-9-14)15-10-4-5-11-16(15)19-12-6-7-13-19/h1-13,20H. The zero-order valence-corrected chi connectivity index (χ0v) is 10.8. The number of nitrogens with zero attached hydrogens (tertiary/aromatic N) is 2. The molecule has 0 atom stereocenters. The summed E-state index contributed by atoms with van der Waals surface area (Å²) < 4.78 is 2.00. The molecule has 0 aliphatic carbocycles. The van der Waals surface area contributed by atoms with Crippen LogP contribution in [-0.4, -0.2) is 15.5 Å². The van der Waals surface area contributed by atoms with Crippen LogP contribution < -0.4 is 0 Å². The summed E-state index contributed by atoms with van der Waals surface area (Å²) in [6.45, 7) is 0. The molecule has 3 heteroatoms. The lowest BCUT2D eigenvalue weighted by Gasteiger charge is -2.12. The van der Waals surface area contributed by atoms with E-state index in [-0.39, 0.29) is 0 Å². The fourth-order valence-electron chi connectivity index (χ4n) is 2.26. The summed E-state index contributed by atoms with van der Waals surface area (Å²) >= 11 is 0. The van der Waals surface area contributed by atoms with Gasteiger partial charge in [-0.3, -0.25) is 0 Å². The third-order valence-corrected chi connectivity index (χ3v) is 3.19. The van der Waals surface area contributed by atoms with E-state index in [1.165, 1.54) is 0 Å². The van der Waals surface area contributed by atoms with E-state index in [0.29, 0.717) is 5.71 Å². The Kier molecular flexibility index (Phi) is 3.33. The Hall–Kier alpha value is -2.81. The number of para-hydroxylation sites is 1. The van der Waals surface area contributed by atoms with Gasteiger partial charge in [0, 0.05) is 23.5 Å². The molecule has 0 bridgehead atoms. The van der Waals surface area contributed by atoms with Gasteiger partial charge in [-0.2, -0.15) is 0 Å². The summed E-state index contributed by atoms with van der Waals surface area (Å²) in [5.41, 5.74) is 3.32. The molecule has 3 rings (SSSR count). The average molecular weight is 262 g/mol. The minimum atomic E-state index is 0.565. The van der Waals surface area contributed by atoms with E-state index >= 15 is 0 Å². The smallest absolute Gasteiger partial charge is 0.119 e. The second-order valence-electron chi connectivity index (χ2n) is 4.42. The Balaban J connectivity index is 2.15. The molecule has 20 heavy (non-hydrogen) atoms. The predicted molar refractivity (Wildman–Crippen MR) is 79.6 cm³/mol. The molecule has 0 radical (unpaired) electrons. The number of benzene rings is 2. The Morgan fingerprint density at radius 3 is 2.15 bits per heavy atom. The normalized spacial score (nSPS) is 11.5. The minimum absolute atomic E-state index is 0.565. The summed E-state index contributed by atoms with van der Waals surface area (Å²) in [5, 5.41) is 12.9. The summed E-state index contributed by atoms with van der Waals surface area (Å²) in [4.78, 5) is 0. The SMILES string of the molecule is ON=C(c1ccccc1)c1ccccc1-n1cccc1. The van der Waals surface area contributed by atoms with Crippen LogP contribution in [0.15, 0.2) is 84.3 Å². The third kappa shape index (κ3) is 2.21. The number of rotatable bonds is 3. The van der Waals surface area contributed by atoms with Crippen molar-refractivity contribution in [2.75, 3.05) is 0 Å². The molecule has 0 aliphatic rings. The van der Waals surface area contributed by atoms with E-state index in [2.05, 4.69) is 5.16 Å². The van der Waals surface area contributed by atoms with Gasteiger partial charge in [-0.25, -0.2) is 0 Å². The first-order valence-corrected chi connectivity index (χ1v) is 6.40. The maximum Gasteiger partial charge on any atom is 0.119 e. The molecule has 0 fully saturated rings. The summed E-state index contributed by atoms with van der Waals surface area (Å²) in [6.07, 6.45) is 3.94. The van der Waals surface area contributed by atoms with Crippen molar-refractivity contribution in [3.8, 4) is 5.69 Å². The van der Waals surface area contributed by atoms with Crippen molar-refractivity contribution >= 4 is 5.71 Å². The molecule has 0 amide bonds. The van der Waals surface area contributed by atoms with Crippen molar-refractivity contribution in [2.24, 2.45) is 5.16 Å². The van der Waals surface area contributed by atoms with Crippen LogP contribution in [0.4, 0.5) is 0 Å². The van der Waals surface area contributed by atoms with Gasteiger partial charge < -0.3 is 9.77 Å². The van der Waals surface area contributed by atoms with Gasteiger partial charge in [0.15, 0.2) is 0 Å². The van der Waals surface area contributed by atoms with Crippen LogP contribution in [0, 0.1) is 0 Å². The largest absolute Gasteiger partial charge is 0.410 e. The Morgan fingerprint density at radius 1 is 0.800 bits per heavy atom. The van der Waals surface area contributed by atoms with Crippen LogP contribution in [0.5, 0.6) is 0 Å². The molecule has 2 aromatic carbocycles. The molecular weight excluding hydrogens is 248 g/mol. The molecule has 3 nitrogen and oxygen atoms in total. The molecule has 98 valence electrons. The highest BCUT2D eigenvalue weighted by Gasteiger charge is 2.12. The van der Waals surface area contributed by atoms with Gasteiger partial charge in [0.05, 0.1) is 5.69 Å². The number of hydrogen-bond donors (Lipinski definition) is 1. The zero-order valence-electron chi connectivity index (χ0n) is 10.8. The number of hydrogen-bond acceptors (Lipinski definition) is 2. The number of oxime groups is 1. The van der Waals surface area contributed by atoms with Crippen LogP contribution in [-0.2, 0) is 0 Å². The average Bonchev–Trinajstić information content (AvgIpc) is 3.04. The molecule has 1 heterocycles. The lowest BCUT2D eigenvalue weighted by Crippen LogP contribution is -2.08. The van der Waals surface area contributed by atoms with Crippen molar-refractivity contribution in [1.29, 1.82) is 0 Å². The first kappa shape index (κ1) is 12.2. The van der Waals surface area contributed by atoms with Crippen LogP contribution in [0.25, 0.3) is 5.69 Å². The van der Waals surface area contributed by atoms with Gasteiger partial charge in [0.25, 0.3) is 0 Å². The molecule has 3 aromatic rings. The Labute approximate surface area is 117 Å². The zero-order chi connectivity index (χ0) is 13.8. The molecule has 1 aromatic heterocycles. The van der Waals surface area contributed by atoms with Crippen LogP contribution in [0.1, 0.15) is 11.1 Å². The van der Waals surface area contributed by atoms with Gasteiger partial charge in [-0.1, -0.05) is 53.7 Å². The van der Waals surface area contributed by atoms with Gasteiger partial charge in [-0.15, -0.1) is 0 Å². The second-order valence-corrected chi connectivity index (χ2v) is 4.42. The van der Waals surface area contributed by atoms with E-state index in [9.17, 15) is 5.21 Å². The monoisotopic (exact) mass is 262 g/mol. The molecular formula is C17H14N2O. The van der Waals surface area contributed by atoms with E-state index in [1.807, 2.05) is 83.7 Å². The summed E-state index contributed by atoms with van der Waals surface area (Å²) in [6, 6.07) is 21.5. The van der Waals surface area contributed by atoms with Gasteiger partial charge >= 0.3 is 0 Å². The van der Waals surface area contributed by atoms with Gasteiger partial charge in [-0.05, 0) is 18.2 Å². The second kappa shape index (κ2) is 5.45. The first-order valence-electron chi connectivity index (χ1n) is 6.40. The quantitative estimate of drug-likeness (QED) is 0.436. The molecule has 0 spiro atoms. The molecule has 0 saturated heterocycles. The maximum atomic E-state index is 9.43. The fraction of sp³-hybridized carbons (Fsp3) is 0. The molecule has 1 N–H and O–H groups in total. The van der Waals surface area contributed by atoms with Gasteiger partial charge in [0.2, 0.25) is 0 Å². The van der Waals surface area contributed by atoms with Crippen molar-refractivity contribution in [2.45, 2.75) is 0 Å². The van der Waals surface area contributed by atoms with E-state index in [4.69, 9.17) is 0 Å². The summed E-state index contributed by atoms with van der Waals surface area (Å²) in [7, 11) is 0. The highest BCUT2D eigenvalue weighted by atomic mass is 16.4. The lowest BCUT2D eigenvalue weighted by molar-refractivity contribution is 0.319. The minimum Gasteiger partial charge on any atom is -0.410 e. The van der Waals surface area contributed by atoms with Crippen molar-refractivity contribution < 1.29 is 5.21 Å². The fourth-order valence-corrected chi connectivity index (χ4v) is 2.26. The van der Waals surface area contributed by atoms with Crippen molar-refractivity contribution in [1.82, 2.24) is 4.57 Å². The topological polar surface area (TPSA) is 37.5 Å². The molecule has 0 aliphatic heterocycles. The van der Waals surface area contributed by atoms with Crippen molar-refractivity contribution in [3.05, 3.63) is 90.3 Å². The Morgan fingerprint density at radius 2 is 1.45 bits per heavy atom. The molecule has 0 unspecified atom stereocenters. The highest BCUT2D eigenvalue weighted by Crippen LogP contribution is 2.19. The highest BCUT2D eigenvalue weighted by molar-refractivity contribution is 6.14. The van der Waals surface area contributed by atoms with Crippen LogP contribution >= 0.6 is 0 Å². The van der Waals surface area contributed by atoms with Gasteiger partial charge in [0.1, 0.15) is 5.71 Å². The number of aromatic nitrogens is 1. The lowest BCUT2D eigenvalue weighted by atomic mass is 10.0. The van der Waals surface area contributed by atoms with E-state index in [1.54, 1.807) is 0 Å². The van der Waals surface area contributed by atoms with E-state index < -0.39 is 0 Å². The Bertz CT molecular complexity index is 716.